The number of nitrogens with one attached hydrogen (secondary N) is 1. The van der Waals surface area contributed by atoms with Gasteiger partial charge >= 0.3 is 0 Å². The normalized spacial score (nSPS) is 15.2. The van der Waals surface area contributed by atoms with Crippen LogP contribution in [0.2, 0.25) is 0 Å². The number of aromatic nitrogens is 1. The van der Waals surface area contributed by atoms with E-state index in [-0.39, 0.29) is 11.9 Å². The Labute approximate surface area is 194 Å². The number of rotatable bonds is 8. The van der Waals surface area contributed by atoms with Crippen LogP contribution in [0.5, 0.6) is 5.75 Å². The van der Waals surface area contributed by atoms with Crippen molar-refractivity contribution in [2.75, 3.05) is 32.8 Å². The molecule has 0 radical (unpaired) electrons. The molecule has 0 aliphatic carbocycles. The Balaban J connectivity index is 1.41. The van der Waals surface area contributed by atoms with Crippen LogP contribution in [0.4, 0.5) is 0 Å². The number of carbonyl (C=O) groups is 1. The van der Waals surface area contributed by atoms with E-state index >= 15 is 0 Å². The topological polar surface area (TPSA) is 76.8 Å². The Kier molecular flexibility index (Phi) is 7.42. The second kappa shape index (κ2) is 10.6. The molecular formula is C26H31N3O4. The van der Waals surface area contributed by atoms with Crippen molar-refractivity contribution in [2.45, 2.75) is 33.4 Å². The summed E-state index contributed by atoms with van der Waals surface area (Å²) in [4.78, 5) is 15.4. The number of benzene rings is 2. The molecular weight excluding hydrogens is 418 g/mol. The highest BCUT2D eigenvalue weighted by atomic mass is 16.5. The highest BCUT2D eigenvalue weighted by molar-refractivity contribution is 5.94. The van der Waals surface area contributed by atoms with Crippen LogP contribution in [0.1, 0.15) is 44.5 Å². The Morgan fingerprint density at radius 1 is 1.06 bits per heavy atom. The van der Waals surface area contributed by atoms with Gasteiger partial charge in [-0.25, -0.2) is 0 Å². The molecule has 174 valence electrons. The van der Waals surface area contributed by atoms with E-state index in [9.17, 15) is 4.79 Å². The summed E-state index contributed by atoms with van der Waals surface area (Å²) in [6, 6.07) is 15.5. The molecule has 1 fully saturated rings. The zero-order valence-electron chi connectivity index (χ0n) is 19.5. The van der Waals surface area contributed by atoms with Crippen molar-refractivity contribution in [2.24, 2.45) is 0 Å². The third-order valence-electron chi connectivity index (χ3n) is 6.01. The molecule has 1 aliphatic heterocycles. The van der Waals surface area contributed by atoms with E-state index in [1.165, 1.54) is 5.56 Å². The molecule has 1 atom stereocenters. The maximum Gasteiger partial charge on any atom is 0.251 e. The van der Waals surface area contributed by atoms with Gasteiger partial charge in [0.1, 0.15) is 18.1 Å². The predicted octanol–water partition coefficient (Wildman–Crippen LogP) is 3.98. The van der Waals surface area contributed by atoms with E-state index in [4.69, 9.17) is 14.0 Å². The summed E-state index contributed by atoms with van der Waals surface area (Å²) in [5.41, 5.74) is 4.66. The average molecular weight is 450 g/mol. The first-order valence-electron chi connectivity index (χ1n) is 11.3. The molecule has 0 unspecified atom stereocenters. The molecule has 2 heterocycles. The highest BCUT2D eigenvalue weighted by Crippen LogP contribution is 2.20. The Hall–Kier alpha value is -3.16. The van der Waals surface area contributed by atoms with Crippen molar-refractivity contribution >= 4 is 5.91 Å². The Morgan fingerprint density at radius 3 is 2.39 bits per heavy atom. The molecule has 1 saturated heterocycles. The van der Waals surface area contributed by atoms with Gasteiger partial charge < -0.3 is 19.3 Å². The summed E-state index contributed by atoms with van der Waals surface area (Å²) in [7, 11) is 0. The predicted molar refractivity (Wildman–Crippen MR) is 125 cm³/mol. The number of nitrogens with zero attached hydrogens (tertiary/aromatic N) is 2. The van der Waals surface area contributed by atoms with E-state index in [0.29, 0.717) is 17.9 Å². The molecule has 33 heavy (non-hydrogen) atoms. The van der Waals surface area contributed by atoms with Gasteiger partial charge in [0.15, 0.2) is 0 Å². The monoisotopic (exact) mass is 449 g/mol. The first kappa shape index (κ1) is 23.0. The largest absolute Gasteiger partial charge is 0.489 e. The van der Waals surface area contributed by atoms with Gasteiger partial charge in [-0.2, -0.15) is 0 Å². The second-order valence-corrected chi connectivity index (χ2v) is 8.47. The van der Waals surface area contributed by atoms with Crippen LogP contribution in [0.25, 0.3) is 0 Å². The molecule has 2 aromatic carbocycles. The minimum atomic E-state index is -0.105. The van der Waals surface area contributed by atoms with E-state index < -0.39 is 0 Å². The van der Waals surface area contributed by atoms with Gasteiger partial charge in [0.2, 0.25) is 0 Å². The lowest BCUT2D eigenvalue weighted by Gasteiger charge is -2.31. The fourth-order valence-corrected chi connectivity index (χ4v) is 3.88. The van der Waals surface area contributed by atoms with E-state index in [0.717, 1.165) is 55.4 Å². The molecule has 1 aliphatic rings. The maximum atomic E-state index is 13.1. The van der Waals surface area contributed by atoms with E-state index in [2.05, 4.69) is 46.6 Å². The lowest BCUT2D eigenvalue weighted by molar-refractivity contribution is 0.0332. The van der Waals surface area contributed by atoms with Crippen LogP contribution in [0, 0.1) is 20.8 Å². The highest BCUT2D eigenvalue weighted by Gasteiger charge is 2.21. The molecule has 1 N–H and O–H groups in total. The van der Waals surface area contributed by atoms with Gasteiger partial charge in [0, 0.05) is 25.2 Å². The first-order valence-corrected chi connectivity index (χ1v) is 11.3. The molecule has 1 aromatic heterocycles. The van der Waals surface area contributed by atoms with E-state index in [1.54, 1.807) is 12.1 Å². The first-order chi connectivity index (χ1) is 16.0. The van der Waals surface area contributed by atoms with Gasteiger partial charge in [-0.3, -0.25) is 9.69 Å². The van der Waals surface area contributed by atoms with Crippen LogP contribution in [0.15, 0.2) is 53.1 Å². The average Bonchev–Trinajstić information content (AvgIpc) is 3.15. The van der Waals surface area contributed by atoms with Crippen molar-refractivity contribution in [3.8, 4) is 5.75 Å². The summed E-state index contributed by atoms with van der Waals surface area (Å²) in [6.07, 6.45) is 0. The molecule has 0 bridgehead atoms. The smallest absolute Gasteiger partial charge is 0.251 e. The number of hydrogen-bond acceptors (Lipinski definition) is 6. The lowest BCUT2D eigenvalue weighted by Crippen LogP contribution is -2.43. The SMILES string of the molecule is Cc1ccc([C@H](CN2CCOCC2)NC(=O)c2ccc(OCc3c(C)noc3C)cc2)cc1. The Bertz CT molecular complexity index is 1030. The van der Waals surface area contributed by atoms with Gasteiger partial charge in [-0.05, 0) is 50.6 Å². The summed E-state index contributed by atoms with van der Waals surface area (Å²) in [6.45, 7) is 10.1. The molecule has 0 spiro atoms. The second-order valence-electron chi connectivity index (χ2n) is 8.47. The Morgan fingerprint density at radius 2 is 1.76 bits per heavy atom. The summed E-state index contributed by atoms with van der Waals surface area (Å²) < 4.78 is 16.5. The third kappa shape index (κ3) is 6.00. The number of aryl methyl sites for hydroxylation is 3. The fraction of sp³-hybridized carbons (Fsp3) is 0.385. The van der Waals surface area contributed by atoms with Crippen LogP contribution in [0.3, 0.4) is 0 Å². The van der Waals surface area contributed by atoms with Crippen molar-refractivity contribution in [3.63, 3.8) is 0 Å². The summed E-state index contributed by atoms with van der Waals surface area (Å²) in [5, 5.41) is 7.17. The number of morpholine rings is 1. The van der Waals surface area contributed by atoms with Crippen molar-refractivity contribution in [1.29, 1.82) is 0 Å². The van der Waals surface area contributed by atoms with Crippen molar-refractivity contribution in [1.82, 2.24) is 15.4 Å². The van der Waals surface area contributed by atoms with E-state index in [1.807, 2.05) is 26.0 Å². The number of carbonyl (C=O) groups excluding carboxylic acids is 1. The standard InChI is InChI=1S/C26H31N3O4/c1-18-4-6-21(7-5-18)25(16-29-12-14-31-15-13-29)27-26(30)22-8-10-23(11-9-22)32-17-24-19(2)28-33-20(24)3/h4-11,25H,12-17H2,1-3H3,(H,27,30)/t25-/m0/s1. The zero-order chi connectivity index (χ0) is 23.2. The van der Waals surface area contributed by atoms with Crippen LogP contribution < -0.4 is 10.1 Å². The zero-order valence-corrected chi connectivity index (χ0v) is 19.5. The van der Waals surface area contributed by atoms with Gasteiger partial charge in [-0.1, -0.05) is 35.0 Å². The van der Waals surface area contributed by atoms with Gasteiger partial charge in [-0.15, -0.1) is 0 Å². The molecule has 0 saturated carbocycles. The van der Waals surface area contributed by atoms with Gasteiger partial charge in [0.25, 0.3) is 5.91 Å². The maximum absolute atomic E-state index is 13.1. The third-order valence-corrected chi connectivity index (χ3v) is 6.01. The quantitative estimate of drug-likeness (QED) is 0.561. The fourth-order valence-electron chi connectivity index (χ4n) is 3.88. The van der Waals surface area contributed by atoms with Crippen LogP contribution in [-0.4, -0.2) is 48.8 Å². The number of ether oxygens (including phenoxy) is 2. The van der Waals surface area contributed by atoms with Crippen LogP contribution in [-0.2, 0) is 11.3 Å². The summed E-state index contributed by atoms with van der Waals surface area (Å²) in [5.74, 6) is 1.34. The lowest BCUT2D eigenvalue weighted by atomic mass is 10.0. The summed E-state index contributed by atoms with van der Waals surface area (Å²) >= 11 is 0. The van der Waals surface area contributed by atoms with Crippen molar-refractivity contribution < 1.29 is 18.8 Å². The molecule has 7 heteroatoms. The minimum Gasteiger partial charge on any atom is -0.489 e. The van der Waals surface area contributed by atoms with Gasteiger partial charge in [0.05, 0.1) is 30.5 Å². The van der Waals surface area contributed by atoms with Crippen LogP contribution >= 0.6 is 0 Å². The minimum absolute atomic E-state index is 0.105. The van der Waals surface area contributed by atoms with Crippen molar-refractivity contribution in [3.05, 3.63) is 82.2 Å². The molecule has 3 aromatic rings. The molecule has 1 amide bonds. The molecule has 4 rings (SSSR count). The number of amides is 1. The number of hydrogen-bond donors (Lipinski definition) is 1. The molecule has 7 nitrogen and oxygen atoms in total.